The van der Waals surface area contributed by atoms with Gasteiger partial charge in [-0.15, -0.1) is 0 Å². The lowest BCUT2D eigenvalue weighted by atomic mass is 9.95. The monoisotopic (exact) mass is 440 g/mol. The van der Waals surface area contributed by atoms with Crippen molar-refractivity contribution in [2.75, 3.05) is 0 Å². The van der Waals surface area contributed by atoms with Gasteiger partial charge in [0, 0.05) is 34.6 Å². The molecule has 0 bridgehead atoms. The summed E-state index contributed by atoms with van der Waals surface area (Å²) in [6.07, 6.45) is 2.66. The van der Waals surface area contributed by atoms with E-state index in [0.29, 0.717) is 5.71 Å². The molecule has 3 heteroatoms. The zero-order valence-electron chi connectivity index (χ0n) is 19.2. The number of para-hydroxylation sites is 1. The average molecular weight is 441 g/mol. The first kappa shape index (κ1) is 20.4. The molecular formula is C31H24N2O. The topological polar surface area (TPSA) is 38.9 Å². The SMILES string of the molecule is Cc1cccc(C)c1-c1ccnc(-c2cccc3c2oc2nc(Cc4ccccc4)ccc23)c1. The van der Waals surface area contributed by atoms with Crippen LogP contribution in [-0.2, 0) is 6.42 Å². The van der Waals surface area contributed by atoms with Gasteiger partial charge in [-0.05, 0) is 72.0 Å². The first-order chi connectivity index (χ1) is 16.7. The number of aromatic nitrogens is 2. The molecule has 0 aliphatic carbocycles. The van der Waals surface area contributed by atoms with Crippen molar-refractivity contribution in [2.45, 2.75) is 20.3 Å². The van der Waals surface area contributed by atoms with Crippen molar-refractivity contribution < 1.29 is 4.42 Å². The quantitative estimate of drug-likeness (QED) is 0.279. The largest absolute Gasteiger partial charge is 0.437 e. The minimum Gasteiger partial charge on any atom is -0.437 e. The molecule has 0 radical (unpaired) electrons. The molecule has 3 nitrogen and oxygen atoms in total. The van der Waals surface area contributed by atoms with Crippen LogP contribution < -0.4 is 0 Å². The smallest absolute Gasteiger partial charge is 0.227 e. The molecule has 3 heterocycles. The van der Waals surface area contributed by atoms with Crippen LogP contribution in [0.1, 0.15) is 22.4 Å². The molecule has 3 aromatic carbocycles. The number of nitrogens with zero attached hydrogens (tertiary/aromatic N) is 2. The molecule has 0 saturated carbocycles. The molecule has 0 aliphatic rings. The minimum atomic E-state index is 0.668. The Kier molecular flexibility index (Phi) is 4.96. The fourth-order valence-electron chi connectivity index (χ4n) is 4.83. The van der Waals surface area contributed by atoms with Crippen LogP contribution in [0.15, 0.2) is 102 Å². The van der Waals surface area contributed by atoms with Crippen molar-refractivity contribution in [1.29, 1.82) is 0 Å². The number of hydrogen-bond acceptors (Lipinski definition) is 3. The van der Waals surface area contributed by atoms with E-state index in [1.54, 1.807) is 0 Å². The van der Waals surface area contributed by atoms with Gasteiger partial charge in [0.05, 0.1) is 5.69 Å². The van der Waals surface area contributed by atoms with Crippen LogP contribution >= 0.6 is 0 Å². The maximum atomic E-state index is 6.36. The van der Waals surface area contributed by atoms with Crippen molar-refractivity contribution in [1.82, 2.24) is 9.97 Å². The normalized spacial score (nSPS) is 11.4. The lowest BCUT2D eigenvalue weighted by Crippen LogP contribution is -1.91. The van der Waals surface area contributed by atoms with Gasteiger partial charge >= 0.3 is 0 Å². The number of benzene rings is 3. The standard InChI is InChI=1S/C31H24N2O/c1-20-8-6-9-21(2)29(20)23-16-17-32-28(19-23)27-13-7-12-25-26-15-14-24(33-31(26)34-30(25)27)18-22-10-4-3-5-11-22/h3-17,19H,18H2,1-2H3. The van der Waals surface area contributed by atoms with E-state index < -0.39 is 0 Å². The lowest BCUT2D eigenvalue weighted by molar-refractivity contribution is 0.652. The van der Waals surface area contributed by atoms with Gasteiger partial charge < -0.3 is 4.42 Å². The lowest BCUT2D eigenvalue weighted by Gasteiger charge is -2.11. The maximum Gasteiger partial charge on any atom is 0.227 e. The van der Waals surface area contributed by atoms with Crippen LogP contribution in [0.25, 0.3) is 44.5 Å². The molecule has 0 saturated heterocycles. The van der Waals surface area contributed by atoms with Gasteiger partial charge in [-0.3, -0.25) is 4.98 Å². The zero-order valence-corrected chi connectivity index (χ0v) is 19.2. The fraction of sp³-hybridized carbons (Fsp3) is 0.0968. The summed E-state index contributed by atoms with van der Waals surface area (Å²) >= 11 is 0. The molecule has 164 valence electrons. The maximum absolute atomic E-state index is 6.36. The number of rotatable bonds is 4. The van der Waals surface area contributed by atoms with Crippen LogP contribution in [0.2, 0.25) is 0 Å². The molecule has 0 aliphatic heterocycles. The molecule has 0 atom stereocenters. The zero-order chi connectivity index (χ0) is 23.1. The summed E-state index contributed by atoms with van der Waals surface area (Å²) < 4.78 is 6.36. The molecule has 0 amide bonds. The molecule has 0 spiro atoms. The summed E-state index contributed by atoms with van der Waals surface area (Å²) in [4.78, 5) is 9.55. The van der Waals surface area contributed by atoms with Gasteiger partial charge in [0.25, 0.3) is 0 Å². The van der Waals surface area contributed by atoms with Gasteiger partial charge in [0.15, 0.2) is 0 Å². The van der Waals surface area contributed by atoms with Gasteiger partial charge in [0.2, 0.25) is 5.71 Å². The highest BCUT2D eigenvalue weighted by atomic mass is 16.3. The fourth-order valence-corrected chi connectivity index (χ4v) is 4.83. The summed E-state index contributed by atoms with van der Waals surface area (Å²) in [5.41, 5.74) is 10.5. The Morgan fingerprint density at radius 2 is 1.53 bits per heavy atom. The Morgan fingerprint density at radius 3 is 2.35 bits per heavy atom. The summed E-state index contributed by atoms with van der Waals surface area (Å²) in [5, 5.41) is 2.09. The van der Waals surface area contributed by atoms with Crippen LogP contribution in [0.3, 0.4) is 0 Å². The summed E-state index contributed by atoms with van der Waals surface area (Å²) in [5.74, 6) is 0. The van der Waals surface area contributed by atoms with Crippen LogP contribution in [-0.4, -0.2) is 9.97 Å². The Morgan fingerprint density at radius 1 is 0.735 bits per heavy atom. The van der Waals surface area contributed by atoms with Crippen LogP contribution in [0, 0.1) is 13.8 Å². The predicted molar refractivity (Wildman–Crippen MR) is 139 cm³/mol. The summed E-state index contributed by atoms with van der Waals surface area (Å²) in [7, 11) is 0. The van der Waals surface area contributed by atoms with E-state index in [1.165, 1.54) is 22.3 Å². The third-order valence-corrected chi connectivity index (χ3v) is 6.46. The Hall–Kier alpha value is -4.24. The van der Waals surface area contributed by atoms with E-state index in [4.69, 9.17) is 14.4 Å². The molecular weight excluding hydrogens is 416 g/mol. The second kappa shape index (κ2) is 8.27. The molecule has 34 heavy (non-hydrogen) atoms. The average Bonchev–Trinajstić information content (AvgIpc) is 3.23. The minimum absolute atomic E-state index is 0.668. The summed E-state index contributed by atoms with van der Waals surface area (Å²) in [6.45, 7) is 4.31. The van der Waals surface area contributed by atoms with Crippen LogP contribution in [0.4, 0.5) is 0 Å². The highest BCUT2D eigenvalue weighted by molar-refractivity contribution is 6.08. The van der Waals surface area contributed by atoms with E-state index in [2.05, 4.69) is 98.8 Å². The highest BCUT2D eigenvalue weighted by Crippen LogP contribution is 2.36. The third-order valence-electron chi connectivity index (χ3n) is 6.46. The van der Waals surface area contributed by atoms with Gasteiger partial charge in [-0.1, -0.05) is 60.7 Å². The number of hydrogen-bond donors (Lipinski definition) is 0. The number of pyridine rings is 2. The van der Waals surface area contributed by atoms with Crippen molar-refractivity contribution in [3.05, 3.63) is 120 Å². The van der Waals surface area contributed by atoms with E-state index in [9.17, 15) is 0 Å². The third kappa shape index (κ3) is 3.56. The van der Waals surface area contributed by atoms with Crippen molar-refractivity contribution in [3.8, 4) is 22.4 Å². The highest BCUT2D eigenvalue weighted by Gasteiger charge is 2.15. The molecule has 6 aromatic rings. The number of fused-ring (bicyclic) bond motifs is 3. The second-order valence-corrected chi connectivity index (χ2v) is 8.80. The van der Waals surface area contributed by atoms with Gasteiger partial charge in [0.1, 0.15) is 5.58 Å². The van der Waals surface area contributed by atoms with E-state index >= 15 is 0 Å². The molecule has 3 aromatic heterocycles. The van der Waals surface area contributed by atoms with E-state index in [0.717, 1.165) is 45.3 Å². The second-order valence-electron chi connectivity index (χ2n) is 8.80. The predicted octanol–water partition coefficient (Wildman–Crippen LogP) is 7.92. The van der Waals surface area contributed by atoms with E-state index in [-0.39, 0.29) is 0 Å². The first-order valence-corrected chi connectivity index (χ1v) is 11.6. The molecule has 0 unspecified atom stereocenters. The van der Waals surface area contributed by atoms with Crippen molar-refractivity contribution >= 4 is 22.1 Å². The molecule has 0 fully saturated rings. The molecule has 6 rings (SSSR count). The van der Waals surface area contributed by atoms with Gasteiger partial charge in [-0.2, -0.15) is 0 Å². The first-order valence-electron chi connectivity index (χ1n) is 11.6. The van der Waals surface area contributed by atoms with Gasteiger partial charge in [-0.25, -0.2) is 4.98 Å². The number of furan rings is 1. The Bertz CT molecular complexity index is 1630. The van der Waals surface area contributed by atoms with Crippen LogP contribution in [0.5, 0.6) is 0 Å². The number of aryl methyl sites for hydroxylation is 2. The van der Waals surface area contributed by atoms with Crippen molar-refractivity contribution in [3.63, 3.8) is 0 Å². The van der Waals surface area contributed by atoms with Crippen molar-refractivity contribution in [2.24, 2.45) is 0 Å². The Labute approximate surface area is 198 Å². The Balaban J connectivity index is 1.46. The summed E-state index contributed by atoms with van der Waals surface area (Å²) in [6, 6.07) is 31.5. The van der Waals surface area contributed by atoms with E-state index in [1.807, 2.05) is 12.3 Å². The molecule has 0 N–H and O–H groups in total.